The van der Waals surface area contributed by atoms with Gasteiger partial charge in [0.1, 0.15) is 0 Å². The molecule has 1 aliphatic rings. The van der Waals surface area contributed by atoms with Crippen LogP contribution in [0.1, 0.15) is 41.9 Å². The Hall–Kier alpha value is -7.47. The van der Waals surface area contributed by atoms with Gasteiger partial charge in [0, 0.05) is 44.6 Å². The largest absolute Gasteiger partial charge is 0.258 e. The second-order valence-electron chi connectivity index (χ2n) is 15.2. The van der Waals surface area contributed by atoms with E-state index in [2.05, 4.69) is 135 Å². The molecule has 5 heteroatoms. The van der Waals surface area contributed by atoms with Crippen molar-refractivity contribution in [3.05, 3.63) is 191 Å². The van der Waals surface area contributed by atoms with Gasteiger partial charge in [-0.1, -0.05) is 117 Å². The highest BCUT2D eigenvalue weighted by atomic mass is 14.9. The summed E-state index contributed by atoms with van der Waals surface area (Å²) >= 11 is 0. The van der Waals surface area contributed by atoms with Crippen LogP contribution >= 0.6 is 0 Å². The van der Waals surface area contributed by atoms with E-state index in [1.54, 1.807) is 6.07 Å². The summed E-state index contributed by atoms with van der Waals surface area (Å²) in [4.78, 5) is 19.1. The van der Waals surface area contributed by atoms with Gasteiger partial charge >= 0.3 is 0 Å². The van der Waals surface area contributed by atoms with E-state index in [4.69, 9.17) is 21.5 Å². The Balaban J connectivity index is 1.23. The van der Waals surface area contributed by atoms with Crippen molar-refractivity contribution in [3.63, 3.8) is 0 Å². The highest BCUT2D eigenvalue weighted by Crippen LogP contribution is 2.53. The quantitative estimate of drug-likeness (QED) is 0.160. The van der Waals surface area contributed by atoms with E-state index in [9.17, 15) is 5.26 Å². The molecule has 8 aromatic rings. The van der Waals surface area contributed by atoms with E-state index in [1.807, 2.05) is 49.4 Å². The zero-order chi connectivity index (χ0) is 39.3. The molecule has 0 bridgehead atoms. The number of aromatic nitrogens is 3. The summed E-state index contributed by atoms with van der Waals surface area (Å²) in [6.07, 6.45) is 0. The van der Waals surface area contributed by atoms with Gasteiger partial charge in [-0.25, -0.2) is 14.8 Å². The predicted octanol–water partition coefficient (Wildman–Crippen LogP) is 13.2. The van der Waals surface area contributed by atoms with Gasteiger partial charge < -0.3 is 0 Å². The van der Waals surface area contributed by atoms with Crippen molar-refractivity contribution in [2.45, 2.75) is 33.1 Å². The van der Waals surface area contributed by atoms with Gasteiger partial charge in [-0.2, -0.15) is 5.26 Å². The van der Waals surface area contributed by atoms with Crippen molar-refractivity contribution >= 4 is 5.69 Å². The van der Waals surface area contributed by atoms with Crippen LogP contribution in [0.15, 0.2) is 152 Å². The molecule has 2 heterocycles. The summed E-state index contributed by atoms with van der Waals surface area (Å²) in [6, 6.07) is 54.5. The molecule has 9 rings (SSSR count). The first-order chi connectivity index (χ1) is 27.7. The lowest BCUT2D eigenvalue weighted by Gasteiger charge is -2.22. The second-order valence-corrected chi connectivity index (χ2v) is 15.2. The van der Waals surface area contributed by atoms with Gasteiger partial charge in [-0.05, 0) is 112 Å². The average Bonchev–Trinajstić information content (AvgIpc) is 3.48. The van der Waals surface area contributed by atoms with Crippen LogP contribution in [0, 0.1) is 31.8 Å². The third kappa shape index (κ3) is 6.36. The number of fused-ring (bicyclic) bond motifs is 3. The third-order valence-electron chi connectivity index (χ3n) is 11.1. The SMILES string of the molecule is [C-]#[N+]c1cc(C#N)cc2c1-c1ccc(-c3cc(-c4cc(-c5ccc(-c6ccccc6)cc5)nc(-c5ccccc5)n4)cc(-c4ccc(C)nc4C)c3)cc1C2(C)C. The molecule has 0 spiro atoms. The molecule has 0 saturated carbocycles. The third-order valence-corrected chi connectivity index (χ3v) is 11.1. The second kappa shape index (κ2) is 14.0. The zero-order valence-electron chi connectivity index (χ0n) is 32.2. The summed E-state index contributed by atoms with van der Waals surface area (Å²) in [5.74, 6) is 0.653. The van der Waals surface area contributed by atoms with E-state index in [0.717, 1.165) is 89.5 Å². The van der Waals surface area contributed by atoms with E-state index in [0.29, 0.717) is 17.1 Å². The molecule has 0 unspecified atom stereocenters. The van der Waals surface area contributed by atoms with Crippen LogP contribution in [0.3, 0.4) is 0 Å². The lowest BCUT2D eigenvalue weighted by molar-refractivity contribution is 0.660. The molecule has 0 fully saturated rings. The predicted molar refractivity (Wildman–Crippen MR) is 230 cm³/mol. The molecular formula is C52H37N5. The number of hydrogen-bond donors (Lipinski definition) is 0. The molecule has 6 aromatic carbocycles. The minimum atomic E-state index is -0.410. The van der Waals surface area contributed by atoms with Gasteiger partial charge in [-0.3, -0.25) is 4.98 Å². The Labute approximate surface area is 333 Å². The highest BCUT2D eigenvalue weighted by Gasteiger charge is 2.37. The number of nitrogens with zero attached hydrogens (tertiary/aromatic N) is 5. The molecule has 0 radical (unpaired) electrons. The zero-order valence-corrected chi connectivity index (χ0v) is 32.2. The van der Waals surface area contributed by atoms with Crippen molar-refractivity contribution in [2.75, 3.05) is 0 Å². The Morgan fingerprint density at radius 2 is 1.12 bits per heavy atom. The summed E-state index contributed by atoms with van der Waals surface area (Å²) in [5.41, 5.74) is 17.7. The van der Waals surface area contributed by atoms with Crippen molar-refractivity contribution in [1.29, 1.82) is 5.26 Å². The Morgan fingerprint density at radius 1 is 0.526 bits per heavy atom. The fourth-order valence-corrected chi connectivity index (χ4v) is 8.17. The lowest BCUT2D eigenvalue weighted by Crippen LogP contribution is -2.15. The normalized spacial score (nSPS) is 12.3. The van der Waals surface area contributed by atoms with Crippen LogP contribution in [0.2, 0.25) is 0 Å². The fourth-order valence-electron chi connectivity index (χ4n) is 8.17. The van der Waals surface area contributed by atoms with Gasteiger partial charge in [0.25, 0.3) is 0 Å². The molecular weight excluding hydrogens is 695 g/mol. The fraction of sp³-hybridized carbons (Fsp3) is 0.0962. The minimum absolute atomic E-state index is 0.410. The van der Waals surface area contributed by atoms with Crippen LogP contribution in [0.5, 0.6) is 0 Å². The number of rotatable bonds is 6. The van der Waals surface area contributed by atoms with E-state index in [-0.39, 0.29) is 0 Å². The maximum Gasteiger partial charge on any atom is 0.196 e. The van der Waals surface area contributed by atoms with Crippen LogP contribution in [-0.2, 0) is 5.41 Å². The Kier molecular flexibility index (Phi) is 8.65. The van der Waals surface area contributed by atoms with Crippen LogP contribution in [-0.4, -0.2) is 15.0 Å². The molecule has 2 aromatic heterocycles. The first kappa shape index (κ1) is 35.2. The highest BCUT2D eigenvalue weighted by molar-refractivity contribution is 5.93. The van der Waals surface area contributed by atoms with Crippen molar-refractivity contribution in [3.8, 4) is 84.5 Å². The number of pyridine rings is 1. The van der Waals surface area contributed by atoms with Crippen LogP contribution in [0.4, 0.5) is 5.69 Å². The molecule has 5 nitrogen and oxygen atoms in total. The van der Waals surface area contributed by atoms with E-state index in [1.165, 1.54) is 5.56 Å². The molecule has 1 aliphatic carbocycles. The molecule has 57 heavy (non-hydrogen) atoms. The smallest absolute Gasteiger partial charge is 0.196 e. The van der Waals surface area contributed by atoms with Crippen LogP contribution in [0.25, 0.3) is 83.3 Å². The number of hydrogen-bond acceptors (Lipinski definition) is 4. The molecule has 0 atom stereocenters. The number of aryl methyl sites for hydroxylation is 2. The van der Waals surface area contributed by atoms with Crippen molar-refractivity contribution < 1.29 is 0 Å². The van der Waals surface area contributed by atoms with E-state index >= 15 is 0 Å². The topological polar surface area (TPSA) is 66.8 Å². The molecule has 0 saturated heterocycles. The van der Waals surface area contributed by atoms with Gasteiger partial charge in [-0.15, -0.1) is 0 Å². The van der Waals surface area contributed by atoms with Gasteiger partial charge in [0.15, 0.2) is 11.5 Å². The number of benzene rings is 6. The molecule has 270 valence electrons. The first-order valence-electron chi connectivity index (χ1n) is 19.0. The van der Waals surface area contributed by atoms with Crippen molar-refractivity contribution in [2.24, 2.45) is 0 Å². The Bertz CT molecular complexity index is 2950. The maximum atomic E-state index is 9.79. The minimum Gasteiger partial charge on any atom is -0.258 e. The summed E-state index contributed by atoms with van der Waals surface area (Å²) in [5, 5.41) is 9.79. The summed E-state index contributed by atoms with van der Waals surface area (Å²) in [7, 11) is 0. The molecule has 0 aliphatic heterocycles. The maximum absolute atomic E-state index is 9.79. The average molecular weight is 732 g/mol. The van der Waals surface area contributed by atoms with Crippen molar-refractivity contribution in [1.82, 2.24) is 15.0 Å². The van der Waals surface area contributed by atoms with Gasteiger partial charge in [0.05, 0.1) is 24.0 Å². The molecule has 0 amide bonds. The van der Waals surface area contributed by atoms with Gasteiger partial charge in [0.2, 0.25) is 0 Å². The Morgan fingerprint density at radius 3 is 1.81 bits per heavy atom. The molecule has 0 N–H and O–H groups in total. The standard InChI is InChI=1S/C52H37N5/c1-32-16-22-43(33(2)55-32)41-26-40(39-21-23-44-45(29-39)52(3,4)46-24-34(31-53)25-49(54-5)50(44)46)27-42(28-41)48-30-47(56-51(57-48)38-14-10-7-11-15-38)37-19-17-36(18-20-37)35-12-8-6-9-13-35/h6-30H,1-4H3. The lowest BCUT2D eigenvalue weighted by atomic mass is 9.81. The number of nitriles is 1. The van der Waals surface area contributed by atoms with E-state index < -0.39 is 5.41 Å². The monoisotopic (exact) mass is 731 g/mol. The van der Waals surface area contributed by atoms with Crippen LogP contribution < -0.4 is 0 Å². The first-order valence-corrected chi connectivity index (χ1v) is 19.0. The summed E-state index contributed by atoms with van der Waals surface area (Å²) < 4.78 is 0. The summed E-state index contributed by atoms with van der Waals surface area (Å²) in [6.45, 7) is 16.4.